The van der Waals surface area contributed by atoms with Crippen molar-refractivity contribution in [2.45, 2.75) is 26.3 Å². The monoisotopic (exact) mass is 494 g/mol. The van der Waals surface area contributed by atoms with Crippen molar-refractivity contribution in [3.8, 4) is 5.75 Å². The van der Waals surface area contributed by atoms with E-state index in [1.165, 1.54) is 4.90 Å². The molecule has 1 N–H and O–H groups in total. The Labute approximate surface area is 209 Å². The minimum Gasteiger partial charge on any atom is -0.503 e. The summed E-state index contributed by atoms with van der Waals surface area (Å²) in [5, 5.41) is 11.9. The summed E-state index contributed by atoms with van der Waals surface area (Å²) in [4.78, 5) is 32.7. The Balaban J connectivity index is 1.77. The topological polar surface area (TPSA) is 88.4 Å². The number of carbonyl (C=O) groups is 2. The van der Waals surface area contributed by atoms with Crippen LogP contribution in [0.5, 0.6) is 5.75 Å². The molecule has 2 aromatic rings. The molecular formula is C27H30N2O5S. The number of hydrogen-bond donors (Lipinski definition) is 1. The van der Waals surface area contributed by atoms with Gasteiger partial charge in [0.2, 0.25) is 0 Å². The Hall–Kier alpha value is -3.10. The van der Waals surface area contributed by atoms with E-state index in [9.17, 15) is 14.7 Å². The van der Waals surface area contributed by atoms with E-state index in [-0.39, 0.29) is 23.7 Å². The predicted octanol–water partition coefficient (Wildman–Crippen LogP) is 4.72. The molecule has 2 aromatic carbocycles. The molecule has 0 radical (unpaired) electrons. The Bertz CT molecular complexity index is 1160. The molecule has 1 amide bonds. The second kappa shape index (κ2) is 11.1. The largest absolute Gasteiger partial charge is 0.503 e. The average molecular weight is 495 g/mol. The highest BCUT2D eigenvalue weighted by molar-refractivity contribution is 8.14. The van der Waals surface area contributed by atoms with E-state index >= 15 is 0 Å². The number of ether oxygens (including phenoxy) is 2. The highest BCUT2D eigenvalue weighted by Gasteiger charge is 2.45. The quantitative estimate of drug-likeness (QED) is 0.481. The number of anilines is 1. The van der Waals surface area contributed by atoms with Gasteiger partial charge in [0.15, 0.2) is 11.5 Å². The van der Waals surface area contributed by atoms with Gasteiger partial charge in [0.05, 0.1) is 23.3 Å². The van der Waals surface area contributed by atoms with E-state index < -0.39 is 17.7 Å². The molecule has 0 aromatic heterocycles. The predicted molar refractivity (Wildman–Crippen MR) is 138 cm³/mol. The van der Waals surface area contributed by atoms with Crippen molar-refractivity contribution in [3.63, 3.8) is 0 Å². The zero-order valence-corrected chi connectivity index (χ0v) is 21.0. The molecule has 1 unspecified atom stereocenters. The van der Waals surface area contributed by atoms with Gasteiger partial charge in [-0.05, 0) is 24.1 Å². The standard InChI is InChI=1S/C27H30N2O5S/c1-17(2)16-21(30)23-24(20-6-4-5-7-22(20)34-14-13-33-3)29(27(32)25(23)31)19-10-8-18(9-11-19)26-28-12-15-35-26/h4-11,17,24,31H,12-16H2,1-3H3. The number of thioether (sulfide) groups is 1. The first-order chi connectivity index (χ1) is 16.9. The van der Waals surface area contributed by atoms with Crippen molar-refractivity contribution >= 4 is 34.2 Å². The molecule has 0 bridgehead atoms. The summed E-state index contributed by atoms with van der Waals surface area (Å²) in [5.74, 6) is 0.206. The highest BCUT2D eigenvalue weighted by atomic mass is 32.2. The molecule has 0 saturated heterocycles. The van der Waals surface area contributed by atoms with Crippen LogP contribution in [0, 0.1) is 5.92 Å². The molecule has 2 aliphatic heterocycles. The maximum absolute atomic E-state index is 13.4. The molecular weight excluding hydrogens is 464 g/mol. The second-order valence-electron chi connectivity index (χ2n) is 8.82. The smallest absolute Gasteiger partial charge is 0.294 e. The molecule has 1 atom stereocenters. The van der Waals surface area contributed by atoms with Gasteiger partial charge in [-0.2, -0.15) is 0 Å². The Morgan fingerprint density at radius 1 is 1.17 bits per heavy atom. The molecule has 4 rings (SSSR count). The van der Waals surface area contributed by atoms with Crippen molar-refractivity contribution in [3.05, 3.63) is 71.0 Å². The summed E-state index contributed by atoms with van der Waals surface area (Å²) >= 11 is 1.70. The van der Waals surface area contributed by atoms with Crippen molar-refractivity contribution in [1.82, 2.24) is 0 Å². The van der Waals surface area contributed by atoms with Gasteiger partial charge in [-0.3, -0.25) is 19.5 Å². The third-order valence-corrected chi connectivity index (χ3v) is 6.86. The van der Waals surface area contributed by atoms with E-state index in [2.05, 4.69) is 4.99 Å². The van der Waals surface area contributed by atoms with Crippen molar-refractivity contribution in [1.29, 1.82) is 0 Å². The summed E-state index contributed by atoms with van der Waals surface area (Å²) in [6, 6.07) is 14.0. The Morgan fingerprint density at radius 3 is 2.57 bits per heavy atom. The molecule has 2 aliphatic rings. The van der Waals surface area contributed by atoms with Crippen LogP contribution in [-0.2, 0) is 14.3 Å². The number of benzene rings is 2. The number of nitrogens with zero attached hydrogens (tertiary/aromatic N) is 2. The molecule has 0 aliphatic carbocycles. The number of rotatable bonds is 10. The summed E-state index contributed by atoms with van der Waals surface area (Å²) in [7, 11) is 1.59. The normalized spacial score (nSPS) is 17.9. The maximum Gasteiger partial charge on any atom is 0.294 e. The van der Waals surface area contributed by atoms with Crippen LogP contribution in [0.25, 0.3) is 0 Å². The van der Waals surface area contributed by atoms with Crippen LogP contribution in [0.1, 0.15) is 37.4 Å². The van der Waals surface area contributed by atoms with Crippen LogP contribution in [0.2, 0.25) is 0 Å². The number of aliphatic hydroxyl groups excluding tert-OH is 1. The lowest BCUT2D eigenvalue weighted by molar-refractivity contribution is -0.118. The fourth-order valence-electron chi connectivity index (χ4n) is 4.28. The van der Waals surface area contributed by atoms with Gasteiger partial charge in [-0.1, -0.05) is 44.2 Å². The number of hydrogen-bond acceptors (Lipinski definition) is 7. The van der Waals surface area contributed by atoms with Crippen LogP contribution in [0.15, 0.2) is 64.9 Å². The van der Waals surface area contributed by atoms with Crippen LogP contribution in [0.3, 0.4) is 0 Å². The zero-order chi connectivity index (χ0) is 24.9. The summed E-state index contributed by atoms with van der Waals surface area (Å²) in [6.07, 6.45) is 0.222. The molecule has 184 valence electrons. The number of carbonyl (C=O) groups excluding carboxylic acids is 2. The molecule has 35 heavy (non-hydrogen) atoms. The first-order valence-corrected chi connectivity index (χ1v) is 12.7. The Kier molecular flexibility index (Phi) is 7.93. The first kappa shape index (κ1) is 25.0. The van der Waals surface area contributed by atoms with Gasteiger partial charge >= 0.3 is 0 Å². The SMILES string of the molecule is COCCOc1ccccc1C1C(C(=O)CC(C)C)=C(O)C(=O)N1c1ccc(C2=NCCS2)cc1. The minimum atomic E-state index is -0.809. The van der Waals surface area contributed by atoms with Crippen LogP contribution in [0.4, 0.5) is 5.69 Å². The summed E-state index contributed by atoms with van der Waals surface area (Å²) < 4.78 is 11.0. The molecule has 0 fully saturated rings. The van der Waals surface area contributed by atoms with Crippen LogP contribution < -0.4 is 9.64 Å². The number of para-hydroxylation sites is 1. The molecule has 7 nitrogen and oxygen atoms in total. The van der Waals surface area contributed by atoms with E-state index in [0.29, 0.717) is 30.2 Å². The van der Waals surface area contributed by atoms with Crippen molar-refractivity contribution in [2.24, 2.45) is 10.9 Å². The minimum absolute atomic E-state index is 0.0739. The number of aliphatic hydroxyl groups is 1. The molecule has 0 saturated carbocycles. The molecule has 2 heterocycles. The van der Waals surface area contributed by atoms with Gasteiger partial charge in [0.25, 0.3) is 5.91 Å². The first-order valence-electron chi connectivity index (χ1n) is 11.7. The lowest BCUT2D eigenvalue weighted by Gasteiger charge is -2.28. The van der Waals surface area contributed by atoms with Gasteiger partial charge < -0.3 is 14.6 Å². The number of Topliss-reactive ketones (excluding diaryl/α,β-unsaturated/α-hetero) is 1. The lowest BCUT2D eigenvalue weighted by atomic mass is 9.91. The van der Waals surface area contributed by atoms with Crippen molar-refractivity contribution < 1.29 is 24.2 Å². The maximum atomic E-state index is 13.4. The van der Waals surface area contributed by atoms with Gasteiger partial charge in [0.1, 0.15) is 12.4 Å². The van der Waals surface area contributed by atoms with Crippen LogP contribution in [-0.4, -0.2) is 54.5 Å². The third kappa shape index (κ3) is 5.28. The van der Waals surface area contributed by atoms with E-state index in [4.69, 9.17) is 9.47 Å². The zero-order valence-electron chi connectivity index (χ0n) is 20.2. The average Bonchev–Trinajstić information content (AvgIpc) is 3.47. The number of methoxy groups -OCH3 is 1. The fourth-order valence-corrected chi connectivity index (χ4v) is 5.14. The molecule has 0 spiro atoms. The van der Waals surface area contributed by atoms with Gasteiger partial charge in [-0.15, -0.1) is 11.8 Å². The van der Waals surface area contributed by atoms with Gasteiger partial charge in [0, 0.05) is 42.6 Å². The van der Waals surface area contributed by atoms with Crippen LogP contribution >= 0.6 is 11.8 Å². The van der Waals surface area contributed by atoms with Crippen molar-refractivity contribution in [2.75, 3.05) is 37.5 Å². The summed E-state index contributed by atoms with van der Waals surface area (Å²) in [6.45, 7) is 5.37. The number of aliphatic imine (C=N–C) groups is 1. The van der Waals surface area contributed by atoms with Gasteiger partial charge in [-0.25, -0.2) is 0 Å². The highest BCUT2D eigenvalue weighted by Crippen LogP contribution is 2.44. The number of ketones is 1. The third-order valence-electron chi connectivity index (χ3n) is 5.84. The second-order valence-corrected chi connectivity index (χ2v) is 9.91. The van der Waals surface area contributed by atoms with E-state index in [1.807, 2.05) is 56.3 Å². The molecule has 8 heteroatoms. The number of amides is 1. The lowest BCUT2D eigenvalue weighted by Crippen LogP contribution is -2.31. The Morgan fingerprint density at radius 2 is 1.91 bits per heavy atom. The fraction of sp³-hybridized carbons (Fsp3) is 0.370. The van der Waals surface area contributed by atoms with E-state index in [1.54, 1.807) is 24.9 Å². The van der Waals surface area contributed by atoms with E-state index in [0.717, 1.165) is 22.9 Å². The summed E-state index contributed by atoms with van der Waals surface area (Å²) in [5.41, 5.74) is 2.30.